The molecule has 9 heteroatoms. The SMILES string of the molecule is O=C1N(Cc2ccccc2)[C@H](Cc2ccccc2)[C@H](O)[C@@H](O)[C@@H](Cc2ccc(CCP(=O)(O)O)cc2)N1Cc1ccccc1. The van der Waals surface area contributed by atoms with Crippen LogP contribution in [0.3, 0.4) is 0 Å². The van der Waals surface area contributed by atoms with Crippen LogP contribution in [0.1, 0.15) is 27.8 Å². The fourth-order valence-corrected chi connectivity index (χ4v) is 6.43. The van der Waals surface area contributed by atoms with Crippen LogP contribution in [0.4, 0.5) is 4.79 Å². The van der Waals surface area contributed by atoms with Crippen molar-refractivity contribution in [3.8, 4) is 0 Å². The van der Waals surface area contributed by atoms with Crippen LogP contribution >= 0.6 is 7.60 Å². The van der Waals surface area contributed by atoms with Gasteiger partial charge in [-0.05, 0) is 47.1 Å². The molecule has 0 radical (unpaired) electrons. The number of aliphatic hydroxyl groups is 2. The molecule has 4 aromatic carbocycles. The first-order valence-corrected chi connectivity index (χ1v) is 16.7. The molecular weight excluding hydrogens is 575 g/mol. The molecule has 0 spiro atoms. The van der Waals surface area contributed by atoms with Gasteiger partial charge < -0.3 is 29.8 Å². The lowest BCUT2D eigenvalue weighted by Crippen LogP contribution is -2.50. The molecule has 4 aromatic rings. The highest BCUT2D eigenvalue weighted by molar-refractivity contribution is 7.51. The van der Waals surface area contributed by atoms with Crippen LogP contribution in [-0.2, 0) is 36.9 Å². The Labute approximate surface area is 258 Å². The number of hydrogen-bond donors (Lipinski definition) is 4. The van der Waals surface area contributed by atoms with E-state index < -0.39 is 31.9 Å². The zero-order valence-corrected chi connectivity index (χ0v) is 25.4. The molecule has 8 nitrogen and oxygen atoms in total. The lowest BCUT2D eigenvalue weighted by Gasteiger charge is -2.36. The third-order valence-corrected chi connectivity index (χ3v) is 9.08. The summed E-state index contributed by atoms with van der Waals surface area (Å²) in [5, 5.41) is 23.7. The predicted molar refractivity (Wildman–Crippen MR) is 170 cm³/mol. The van der Waals surface area contributed by atoms with E-state index in [-0.39, 0.29) is 38.1 Å². The molecule has 1 heterocycles. The Kier molecular flexibility index (Phi) is 10.3. The Morgan fingerprint density at radius 2 is 0.909 bits per heavy atom. The van der Waals surface area contributed by atoms with Crippen LogP contribution in [0.5, 0.6) is 0 Å². The Balaban J connectivity index is 1.51. The number of aryl methyl sites for hydroxylation is 1. The second-order valence-corrected chi connectivity index (χ2v) is 13.3. The minimum absolute atomic E-state index is 0.237. The number of amides is 2. The molecule has 0 unspecified atom stereocenters. The molecule has 0 aromatic heterocycles. The first kappa shape index (κ1) is 31.6. The monoisotopic (exact) mass is 614 g/mol. The molecule has 230 valence electrons. The van der Waals surface area contributed by atoms with Crippen molar-refractivity contribution in [3.05, 3.63) is 143 Å². The zero-order valence-electron chi connectivity index (χ0n) is 24.5. The van der Waals surface area contributed by atoms with E-state index in [2.05, 4.69) is 0 Å². The topological polar surface area (TPSA) is 122 Å². The molecule has 0 aliphatic carbocycles. The minimum atomic E-state index is -4.11. The summed E-state index contributed by atoms with van der Waals surface area (Å²) < 4.78 is 11.3. The van der Waals surface area contributed by atoms with Crippen molar-refractivity contribution in [1.29, 1.82) is 0 Å². The van der Waals surface area contributed by atoms with E-state index >= 15 is 0 Å². The summed E-state index contributed by atoms with van der Waals surface area (Å²) in [5.74, 6) is 0. The zero-order chi connectivity index (χ0) is 31.1. The summed E-state index contributed by atoms with van der Waals surface area (Å²) in [6.45, 7) is 0.519. The van der Waals surface area contributed by atoms with Crippen LogP contribution < -0.4 is 0 Å². The standard InChI is InChI=1S/C35H39N2O6P/c38-33-31(22-27-10-4-1-5-11-27)36(24-29-12-6-2-7-13-29)35(40)37(25-30-14-8-3-9-15-30)32(34(33)39)23-28-18-16-26(17-19-28)20-21-44(41,42)43/h1-19,31-34,38-39H,20-25H2,(H2,41,42,43)/t31-,32-,33+,34+/m1/s1. The summed E-state index contributed by atoms with van der Waals surface area (Å²) in [6.07, 6.45) is -1.81. The molecule has 1 saturated heterocycles. The van der Waals surface area contributed by atoms with Crippen molar-refractivity contribution in [2.75, 3.05) is 6.16 Å². The van der Waals surface area contributed by atoms with Gasteiger partial charge in [0.15, 0.2) is 0 Å². The largest absolute Gasteiger partial charge is 0.388 e. The molecule has 4 N–H and O–H groups in total. The Morgan fingerprint density at radius 1 is 0.545 bits per heavy atom. The highest BCUT2D eigenvalue weighted by atomic mass is 31.2. The maximum Gasteiger partial charge on any atom is 0.325 e. The second kappa shape index (κ2) is 14.3. The van der Waals surface area contributed by atoms with Crippen molar-refractivity contribution in [2.24, 2.45) is 0 Å². The van der Waals surface area contributed by atoms with Gasteiger partial charge in [0.25, 0.3) is 0 Å². The van der Waals surface area contributed by atoms with Gasteiger partial charge in [0.1, 0.15) is 12.2 Å². The molecular formula is C35H39N2O6P. The smallest absolute Gasteiger partial charge is 0.325 e. The van der Waals surface area contributed by atoms with Gasteiger partial charge in [-0.2, -0.15) is 0 Å². The van der Waals surface area contributed by atoms with E-state index in [9.17, 15) is 29.4 Å². The van der Waals surface area contributed by atoms with Gasteiger partial charge in [0, 0.05) is 13.1 Å². The third kappa shape index (κ3) is 8.23. The van der Waals surface area contributed by atoms with Crippen molar-refractivity contribution in [3.63, 3.8) is 0 Å². The van der Waals surface area contributed by atoms with E-state index in [1.165, 1.54) is 0 Å². The average Bonchev–Trinajstić information content (AvgIpc) is 3.09. The maximum absolute atomic E-state index is 14.6. The molecule has 1 fully saturated rings. The first-order chi connectivity index (χ1) is 21.2. The predicted octanol–water partition coefficient (Wildman–Crippen LogP) is 4.79. The van der Waals surface area contributed by atoms with E-state index in [4.69, 9.17) is 0 Å². The number of carbonyl (C=O) groups is 1. The van der Waals surface area contributed by atoms with Crippen LogP contribution in [0.2, 0.25) is 0 Å². The highest BCUT2D eigenvalue weighted by Gasteiger charge is 2.46. The second-order valence-electron chi connectivity index (χ2n) is 11.5. The fourth-order valence-electron chi connectivity index (χ4n) is 5.88. The molecule has 2 amide bonds. The van der Waals surface area contributed by atoms with Crippen molar-refractivity contribution in [2.45, 2.75) is 56.6 Å². The molecule has 5 rings (SSSR count). The van der Waals surface area contributed by atoms with Gasteiger partial charge in [-0.1, -0.05) is 115 Å². The summed E-state index contributed by atoms with van der Waals surface area (Å²) in [5.41, 5.74) is 4.40. The Morgan fingerprint density at radius 3 is 1.32 bits per heavy atom. The summed E-state index contributed by atoms with van der Waals surface area (Å²) in [4.78, 5) is 36.5. The van der Waals surface area contributed by atoms with Gasteiger partial charge >= 0.3 is 13.6 Å². The van der Waals surface area contributed by atoms with Crippen LogP contribution in [-0.4, -0.2) is 66.3 Å². The quantitative estimate of drug-likeness (QED) is 0.180. The molecule has 44 heavy (non-hydrogen) atoms. The molecule has 0 bridgehead atoms. The number of hydrogen-bond acceptors (Lipinski definition) is 4. The Hall–Kier alpha value is -3.78. The third-order valence-electron chi connectivity index (χ3n) is 8.27. The summed E-state index contributed by atoms with van der Waals surface area (Å²) >= 11 is 0. The molecule has 4 atom stereocenters. The van der Waals surface area contributed by atoms with E-state index in [1.54, 1.807) is 9.80 Å². The number of carbonyl (C=O) groups excluding carboxylic acids is 1. The lowest BCUT2D eigenvalue weighted by molar-refractivity contribution is -0.0408. The summed E-state index contributed by atoms with van der Waals surface area (Å²) in [7, 11) is -4.11. The molecule has 1 aliphatic rings. The van der Waals surface area contributed by atoms with E-state index in [0.29, 0.717) is 6.42 Å². The van der Waals surface area contributed by atoms with Gasteiger partial charge in [-0.25, -0.2) is 4.79 Å². The number of rotatable bonds is 11. The van der Waals surface area contributed by atoms with Gasteiger partial charge in [-0.15, -0.1) is 0 Å². The van der Waals surface area contributed by atoms with Gasteiger partial charge in [0.2, 0.25) is 0 Å². The van der Waals surface area contributed by atoms with Crippen molar-refractivity contribution < 1.29 is 29.4 Å². The van der Waals surface area contributed by atoms with E-state index in [1.807, 2.05) is 115 Å². The van der Waals surface area contributed by atoms with Gasteiger partial charge in [0.05, 0.1) is 18.2 Å². The molecule has 0 saturated carbocycles. The molecule has 1 aliphatic heterocycles. The fraction of sp³-hybridized carbons (Fsp3) is 0.286. The number of urea groups is 1. The number of nitrogens with zero attached hydrogens (tertiary/aromatic N) is 2. The first-order valence-electron chi connectivity index (χ1n) is 14.9. The van der Waals surface area contributed by atoms with E-state index in [0.717, 1.165) is 27.8 Å². The van der Waals surface area contributed by atoms with Crippen molar-refractivity contribution in [1.82, 2.24) is 9.80 Å². The highest BCUT2D eigenvalue weighted by Crippen LogP contribution is 2.35. The van der Waals surface area contributed by atoms with Gasteiger partial charge in [-0.3, -0.25) is 4.57 Å². The van der Waals surface area contributed by atoms with Crippen LogP contribution in [0.25, 0.3) is 0 Å². The maximum atomic E-state index is 14.6. The summed E-state index contributed by atoms with van der Waals surface area (Å²) in [6, 6.07) is 34.6. The normalized spacial score (nSPS) is 20.9. The van der Waals surface area contributed by atoms with Crippen molar-refractivity contribution >= 4 is 13.6 Å². The minimum Gasteiger partial charge on any atom is -0.388 e. The average molecular weight is 615 g/mol. The van der Waals surface area contributed by atoms with Crippen LogP contribution in [0.15, 0.2) is 115 Å². The lowest BCUT2D eigenvalue weighted by atomic mass is 9.90. The Bertz CT molecular complexity index is 1530. The van der Waals surface area contributed by atoms with Crippen LogP contribution in [0, 0.1) is 0 Å². The number of benzene rings is 4. The number of aliphatic hydroxyl groups excluding tert-OH is 2.